The van der Waals surface area contributed by atoms with E-state index in [4.69, 9.17) is 0 Å². The summed E-state index contributed by atoms with van der Waals surface area (Å²) in [6.07, 6.45) is 3.50. The van der Waals surface area contributed by atoms with Crippen LogP contribution in [0.25, 0.3) is 17.1 Å². The lowest BCUT2D eigenvalue weighted by atomic mass is 10.1. The lowest BCUT2D eigenvalue weighted by molar-refractivity contribution is 0.102. The van der Waals surface area contributed by atoms with Gasteiger partial charge in [0.15, 0.2) is 16.8 Å². The van der Waals surface area contributed by atoms with Crippen LogP contribution in [0.5, 0.6) is 0 Å². The number of hydrogen-bond donors (Lipinski definition) is 0. The maximum atomic E-state index is 12.6. The number of rotatable bonds is 6. The zero-order valence-electron chi connectivity index (χ0n) is 16.2. The third-order valence-electron chi connectivity index (χ3n) is 4.62. The molecule has 0 spiro atoms. The summed E-state index contributed by atoms with van der Waals surface area (Å²) in [4.78, 5) is 16.8. The second-order valence-corrected chi connectivity index (χ2v) is 7.69. The summed E-state index contributed by atoms with van der Waals surface area (Å²) in [5, 5.41) is 9.47. The Bertz CT molecular complexity index is 1140. The van der Waals surface area contributed by atoms with Gasteiger partial charge in [0.25, 0.3) is 0 Å². The SMILES string of the molecule is Cc1ccc(C(=O)CSc2nnc(-c3cccnc3)n2-c2ccccc2C)cc1. The third kappa shape index (κ3) is 4.12. The Morgan fingerprint density at radius 2 is 1.76 bits per heavy atom. The zero-order valence-corrected chi connectivity index (χ0v) is 17.1. The minimum Gasteiger partial charge on any atom is -0.293 e. The number of ketones is 1. The van der Waals surface area contributed by atoms with Crippen molar-refractivity contribution in [3.05, 3.63) is 89.7 Å². The quantitative estimate of drug-likeness (QED) is 0.340. The monoisotopic (exact) mass is 400 g/mol. The van der Waals surface area contributed by atoms with Gasteiger partial charge in [-0.15, -0.1) is 10.2 Å². The van der Waals surface area contributed by atoms with Gasteiger partial charge in [-0.25, -0.2) is 0 Å². The van der Waals surface area contributed by atoms with Gasteiger partial charge in [-0.1, -0.05) is 59.8 Å². The molecule has 0 aliphatic carbocycles. The molecule has 0 saturated heterocycles. The average molecular weight is 401 g/mol. The van der Waals surface area contributed by atoms with Crippen LogP contribution in [0, 0.1) is 13.8 Å². The first-order valence-corrected chi connectivity index (χ1v) is 10.3. The van der Waals surface area contributed by atoms with Gasteiger partial charge in [0.1, 0.15) is 0 Å². The molecule has 0 aliphatic rings. The van der Waals surface area contributed by atoms with Crippen LogP contribution in [0.4, 0.5) is 0 Å². The van der Waals surface area contributed by atoms with E-state index < -0.39 is 0 Å². The fourth-order valence-corrected chi connectivity index (χ4v) is 3.87. The summed E-state index contributed by atoms with van der Waals surface area (Å²) >= 11 is 1.39. The number of hydrogen-bond acceptors (Lipinski definition) is 5. The number of thioether (sulfide) groups is 1. The van der Waals surface area contributed by atoms with Crippen molar-refractivity contribution < 1.29 is 4.79 Å². The summed E-state index contributed by atoms with van der Waals surface area (Å²) in [5.41, 5.74) is 4.80. The fourth-order valence-electron chi connectivity index (χ4n) is 3.03. The number of Topliss-reactive ketones (excluding diaryl/α,β-unsaturated/α-hetero) is 1. The molecule has 4 aromatic rings. The van der Waals surface area contributed by atoms with Crippen molar-refractivity contribution in [1.29, 1.82) is 0 Å². The smallest absolute Gasteiger partial charge is 0.196 e. The van der Waals surface area contributed by atoms with Crippen LogP contribution in [-0.4, -0.2) is 31.3 Å². The van der Waals surface area contributed by atoms with Crippen molar-refractivity contribution in [2.75, 3.05) is 5.75 Å². The molecule has 0 amide bonds. The van der Waals surface area contributed by atoms with Gasteiger partial charge in [0.05, 0.1) is 11.4 Å². The molecule has 2 aromatic carbocycles. The van der Waals surface area contributed by atoms with Crippen LogP contribution in [0.3, 0.4) is 0 Å². The summed E-state index contributed by atoms with van der Waals surface area (Å²) in [7, 11) is 0. The molecule has 0 aliphatic heterocycles. The number of pyridine rings is 1. The van der Waals surface area contributed by atoms with Crippen LogP contribution < -0.4 is 0 Å². The lowest BCUT2D eigenvalue weighted by Crippen LogP contribution is -2.06. The molecule has 0 fully saturated rings. The number of aryl methyl sites for hydroxylation is 2. The van der Waals surface area contributed by atoms with E-state index >= 15 is 0 Å². The van der Waals surface area contributed by atoms with Crippen LogP contribution in [0.15, 0.2) is 78.2 Å². The second kappa shape index (κ2) is 8.41. The van der Waals surface area contributed by atoms with Crippen LogP contribution in [-0.2, 0) is 0 Å². The number of benzene rings is 2. The van der Waals surface area contributed by atoms with Gasteiger partial charge < -0.3 is 0 Å². The van der Waals surface area contributed by atoms with Gasteiger partial charge in [-0.2, -0.15) is 0 Å². The maximum Gasteiger partial charge on any atom is 0.196 e. The van der Waals surface area contributed by atoms with Gasteiger partial charge in [-0.05, 0) is 37.6 Å². The van der Waals surface area contributed by atoms with Crippen molar-refractivity contribution in [2.45, 2.75) is 19.0 Å². The molecule has 5 nitrogen and oxygen atoms in total. The summed E-state index contributed by atoms with van der Waals surface area (Å²) in [6, 6.07) is 19.5. The van der Waals surface area contributed by atoms with Crippen LogP contribution in [0.2, 0.25) is 0 Å². The predicted molar refractivity (Wildman–Crippen MR) is 116 cm³/mol. The first-order chi connectivity index (χ1) is 14.1. The Morgan fingerprint density at radius 3 is 2.48 bits per heavy atom. The second-order valence-electron chi connectivity index (χ2n) is 6.75. The Morgan fingerprint density at radius 1 is 0.966 bits per heavy atom. The number of carbonyl (C=O) groups is 1. The molecule has 2 aromatic heterocycles. The molecule has 0 N–H and O–H groups in total. The van der Waals surface area contributed by atoms with Crippen molar-refractivity contribution in [3.63, 3.8) is 0 Å². The summed E-state index contributed by atoms with van der Waals surface area (Å²) in [6.45, 7) is 4.06. The number of para-hydroxylation sites is 1. The van der Waals surface area contributed by atoms with Crippen molar-refractivity contribution in [1.82, 2.24) is 19.7 Å². The largest absolute Gasteiger partial charge is 0.293 e. The molecule has 0 bridgehead atoms. The van der Waals surface area contributed by atoms with Crippen molar-refractivity contribution in [2.24, 2.45) is 0 Å². The van der Waals surface area contributed by atoms with E-state index in [9.17, 15) is 4.79 Å². The zero-order chi connectivity index (χ0) is 20.2. The molecular weight excluding hydrogens is 380 g/mol. The Kier molecular flexibility index (Phi) is 5.53. The molecule has 0 saturated carbocycles. The van der Waals surface area contributed by atoms with E-state index in [1.54, 1.807) is 12.4 Å². The Balaban J connectivity index is 1.68. The maximum absolute atomic E-state index is 12.6. The normalized spacial score (nSPS) is 10.8. The van der Waals surface area contributed by atoms with E-state index in [0.29, 0.717) is 22.3 Å². The van der Waals surface area contributed by atoms with Crippen LogP contribution >= 0.6 is 11.8 Å². The Hall–Kier alpha value is -3.25. The molecule has 2 heterocycles. The highest BCUT2D eigenvalue weighted by atomic mass is 32.2. The predicted octanol–water partition coefficient (Wildman–Crippen LogP) is 4.92. The van der Waals surface area contributed by atoms with Gasteiger partial charge >= 0.3 is 0 Å². The van der Waals surface area contributed by atoms with E-state index in [1.807, 2.05) is 79.1 Å². The fraction of sp³-hybridized carbons (Fsp3) is 0.130. The van der Waals surface area contributed by atoms with Crippen molar-refractivity contribution in [3.8, 4) is 17.1 Å². The number of nitrogens with zero attached hydrogens (tertiary/aromatic N) is 4. The van der Waals surface area contributed by atoms with E-state index in [-0.39, 0.29) is 5.78 Å². The van der Waals surface area contributed by atoms with E-state index in [1.165, 1.54) is 11.8 Å². The van der Waals surface area contributed by atoms with Crippen molar-refractivity contribution >= 4 is 17.5 Å². The average Bonchev–Trinajstić information content (AvgIpc) is 3.17. The molecule has 0 radical (unpaired) electrons. The molecule has 144 valence electrons. The molecule has 29 heavy (non-hydrogen) atoms. The highest BCUT2D eigenvalue weighted by molar-refractivity contribution is 7.99. The van der Waals surface area contributed by atoms with Crippen LogP contribution in [0.1, 0.15) is 21.5 Å². The minimum atomic E-state index is 0.0669. The molecular formula is C23H20N4OS. The molecule has 6 heteroatoms. The van der Waals surface area contributed by atoms with E-state index in [0.717, 1.165) is 22.4 Å². The number of aromatic nitrogens is 4. The summed E-state index contributed by atoms with van der Waals surface area (Å²) in [5.74, 6) is 1.06. The topological polar surface area (TPSA) is 60.7 Å². The Labute approximate surface area is 173 Å². The van der Waals surface area contributed by atoms with Gasteiger partial charge in [0, 0.05) is 23.5 Å². The van der Waals surface area contributed by atoms with Gasteiger partial charge in [-0.3, -0.25) is 14.3 Å². The minimum absolute atomic E-state index is 0.0669. The van der Waals surface area contributed by atoms with E-state index in [2.05, 4.69) is 15.2 Å². The molecule has 0 unspecified atom stereocenters. The molecule has 0 atom stereocenters. The first-order valence-electron chi connectivity index (χ1n) is 9.28. The lowest BCUT2D eigenvalue weighted by Gasteiger charge is -2.12. The van der Waals surface area contributed by atoms with Gasteiger partial charge in [0.2, 0.25) is 0 Å². The number of carbonyl (C=O) groups excluding carboxylic acids is 1. The first kappa shape index (κ1) is 19.1. The third-order valence-corrected chi connectivity index (χ3v) is 5.54. The highest BCUT2D eigenvalue weighted by Crippen LogP contribution is 2.29. The summed E-state index contributed by atoms with van der Waals surface area (Å²) < 4.78 is 2.00. The molecule has 4 rings (SSSR count). The standard InChI is InChI=1S/C23H20N4OS/c1-16-9-11-18(12-10-16)21(28)15-29-23-26-25-22(19-7-5-13-24-14-19)27(23)20-8-4-3-6-17(20)2/h3-14H,15H2,1-2H3. The highest BCUT2D eigenvalue weighted by Gasteiger charge is 2.18.